The lowest BCUT2D eigenvalue weighted by Gasteiger charge is -2.16. The van der Waals surface area contributed by atoms with E-state index in [0.29, 0.717) is 12.5 Å². The molecule has 1 aliphatic rings. The van der Waals surface area contributed by atoms with E-state index in [1.807, 2.05) is 12.1 Å². The average molecular weight is 311 g/mol. The number of hydrogen-bond donors (Lipinski definition) is 2. The van der Waals surface area contributed by atoms with Crippen LogP contribution in [0.5, 0.6) is 5.75 Å². The average Bonchev–Trinajstić information content (AvgIpc) is 2.95. The van der Waals surface area contributed by atoms with Crippen LogP contribution in [-0.4, -0.2) is 23.8 Å². The minimum Gasteiger partial charge on any atom is -0.487 e. The zero-order valence-corrected chi connectivity index (χ0v) is 13.4. The molecule has 4 nitrogen and oxygen atoms in total. The first kappa shape index (κ1) is 15.4. The van der Waals surface area contributed by atoms with Gasteiger partial charge in [0.2, 0.25) is 0 Å². The van der Waals surface area contributed by atoms with E-state index in [-0.39, 0.29) is 6.10 Å². The molecule has 1 heterocycles. The van der Waals surface area contributed by atoms with Crippen molar-refractivity contribution in [3.8, 4) is 16.9 Å². The third-order valence-electron chi connectivity index (χ3n) is 4.18. The van der Waals surface area contributed by atoms with Gasteiger partial charge in [-0.15, -0.1) is 0 Å². The molecule has 23 heavy (non-hydrogen) atoms. The summed E-state index contributed by atoms with van der Waals surface area (Å²) in [6, 6.07) is 14.5. The van der Waals surface area contributed by atoms with Gasteiger partial charge in [-0.05, 0) is 22.6 Å². The highest BCUT2D eigenvalue weighted by Crippen LogP contribution is 2.41. The largest absolute Gasteiger partial charge is 0.487 e. The van der Waals surface area contributed by atoms with Crippen LogP contribution in [0.1, 0.15) is 30.9 Å². The van der Waals surface area contributed by atoms with Crippen LogP contribution in [0.15, 0.2) is 42.5 Å². The second kappa shape index (κ2) is 6.32. The van der Waals surface area contributed by atoms with Crippen LogP contribution in [0, 0.1) is 0 Å². The first-order valence-corrected chi connectivity index (χ1v) is 7.91. The van der Waals surface area contributed by atoms with Gasteiger partial charge in [-0.2, -0.15) is 0 Å². The van der Waals surface area contributed by atoms with Gasteiger partial charge in [0, 0.05) is 12.0 Å². The molecule has 0 aromatic heterocycles. The monoisotopic (exact) mass is 311 g/mol. The van der Waals surface area contributed by atoms with E-state index in [9.17, 15) is 4.79 Å². The summed E-state index contributed by atoms with van der Waals surface area (Å²) < 4.78 is 6.05. The third kappa shape index (κ3) is 3.16. The van der Waals surface area contributed by atoms with Gasteiger partial charge in [-0.25, -0.2) is 4.79 Å². The number of carboxylic acid groups (broad SMARTS) is 1. The Hall–Kier alpha value is -2.49. The second-order valence-electron chi connectivity index (χ2n) is 6.17. The summed E-state index contributed by atoms with van der Waals surface area (Å²) in [7, 11) is 0. The van der Waals surface area contributed by atoms with Crippen molar-refractivity contribution >= 4 is 6.09 Å². The molecule has 2 aromatic carbocycles. The van der Waals surface area contributed by atoms with Crippen molar-refractivity contribution in [2.24, 2.45) is 0 Å². The summed E-state index contributed by atoms with van der Waals surface area (Å²) >= 11 is 0. The molecule has 0 bridgehead atoms. The Bertz CT molecular complexity index is 724. The van der Waals surface area contributed by atoms with E-state index in [4.69, 9.17) is 9.84 Å². The van der Waals surface area contributed by atoms with Crippen molar-refractivity contribution in [2.75, 3.05) is 6.54 Å². The summed E-state index contributed by atoms with van der Waals surface area (Å²) in [5.41, 5.74) is 4.70. The van der Waals surface area contributed by atoms with Crippen molar-refractivity contribution < 1.29 is 14.6 Å². The highest BCUT2D eigenvalue weighted by Gasteiger charge is 2.26. The molecular formula is C19H21NO3. The van der Waals surface area contributed by atoms with Crippen molar-refractivity contribution in [1.82, 2.24) is 5.32 Å². The summed E-state index contributed by atoms with van der Waals surface area (Å²) in [5.74, 6) is 1.31. The Labute approximate surface area is 136 Å². The van der Waals surface area contributed by atoms with Gasteiger partial charge < -0.3 is 15.2 Å². The van der Waals surface area contributed by atoms with Crippen molar-refractivity contribution in [3.63, 3.8) is 0 Å². The van der Waals surface area contributed by atoms with Gasteiger partial charge in [0.1, 0.15) is 11.9 Å². The standard InChI is InChI=1S/C19H21NO3/c1-12(2)15-7-3-4-8-16(15)17-9-5-6-13-10-14(23-18(13)17)11-20-19(21)22/h3-9,12,14,20H,10-11H2,1-2H3,(H,21,22). The number of para-hydroxylation sites is 1. The number of ether oxygens (including phenoxy) is 1. The minimum absolute atomic E-state index is 0.145. The maximum atomic E-state index is 10.7. The van der Waals surface area contributed by atoms with E-state index < -0.39 is 6.09 Å². The molecule has 1 atom stereocenters. The lowest BCUT2D eigenvalue weighted by Crippen LogP contribution is -2.33. The normalized spacial score (nSPS) is 16.0. The molecule has 0 aliphatic carbocycles. The van der Waals surface area contributed by atoms with Gasteiger partial charge in [0.05, 0.1) is 6.54 Å². The first-order chi connectivity index (χ1) is 11.1. The quantitative estimate of drug-likeness (QED) is 0.895. The summed E-state index contributed by atoms with van der Waals surface area (Å²) in [4.78, 5) is 10.7. The Balaban J connectivity index is 1.94. The molecule has 2 N–H and O–H groups in total. The summed E-state index contributed by atoms with van der Waals surface area (Å²) in [6.07, 6.45) is -0.434. The smallest absolute Gasteiger partial charge is 0.404 e. The molecule has 4 heteroatoms. The van der Waals surface area contributed by atoms with Crippen LogP contribution in [0.2, 0.25) is 0 Å². The lowest BCUT2D eigenvalue weighted by atomic mass is 9.91. The van der Waals surface area contributed by atoms with Crippen molar-refractivity contribution in [2.45, 2.75) is 32.3 Å². The fourth-order valence-electron chi connectivity index (χ4n) is 3.11. The fraction of sp³-hybridized carbons (Fsp3) is 0.316. The molecule has 1 aliphatic heterocycles. The van der Waals surface area contributed by atoms with Crippen LogP contribution < -0.4 is 10.1 Å². The molecular weight excluding hydrogens is 290 g/mol. The van der Waals surface area contributed by atoms with E-state index in [0.717, 1.165) is 23.3 Å². The summed E-state index contributed by atoms with van der Waals surface area (Å²) in [5, 5.41) is 11.2. The minimum atomic E-state index is -1.02. The molecule has 0 fully saturated rings. The number of benzene rings is 2. The zero-order chi connectivity index (χ0) is 16.4. The molecule has 0 spiro atoms. The van der Waals surface area contributed by atoms with Crippen LogP contribution >= 0.6 is 0 Å². The number of fused-ring (bicyclic) bond motifs is 1. The molecule has 120 valence electrons. The van der Waals surface area contributed by atoms with E-state index in [1.54, 1.807) is 0 Å². The lowest BCUT2D eigenvalue weighted by molar-refractivity contribution is 0.181. The maximum Gasteiger partial charge on any atom is 0.404 e. The van der Waals surface area contributed by atoms with Crippen LogP contribution in [0.3, 0.4) is 0 Å². The van der Waals surface area contributed by atoms with Crippen LogP contribution in [-0.2, 0) is 6.42 Å². The zero-order valence-electron chi connectivity index (χ0n) is 13.4. The Morgan fingerprint density at radius 2 is 1.96 bits per heavy atom. The highest BCUT2D eigenvalue weighted by atomic mass is 16.5. The number of rotatable bonds is 4. The molecule has 0 saturated heterocycles. The molecule has 2 aromatic rings. The van der Waals surface area contributed by atoms with Crippen LogP contribution in [0.4, 0.5) is 4.79 Å². The Morgan fingerprint density at radius 1 is 1.22 bits per heavy atom. The van der Waals surface area contributed by atoms with E-state index in [2.05, 4.69) is 49.5 Å². The Kier molecular flexibility index (Phi) is 4.24. The maximum absolute atomic E-state index is 10.7. The van der Waals surface area contributed by atoms with Crippen LogP contribution in [0.25, 0.3) is 11.1 Å². The SMILES string of the molecule is CC(C)c1ccccc1-c1cccc2c1OC(CNC(=O)O)C2. The molecule has 3 rings (SSSR count). The van der Waals surface area contributed by atoms with Gasteiger partial charge in [0.15, 0.2) is 0 Å². The third-order valence-corrected chi connectivity index (χ3v) is 4.18. The van der Waals surface area contributed by atoms with Gasteiger partial charge in [-0.1, -0.05) is 56.3 Å². The van der Waals surface area contributed by atoms with Crippen molar-refractivity contribution in [3.05, 3.63) is 53.6 Å². The molecule has 1 unspecified atom stereocenters. The van der Waals surface area contributed by atoms with Gasteiger partial charge >= 0.3 is 6.09 Å². The van der Waals surface area contributed by atoms with Gasteiger partial charge in [0.25, 0.3) is 0 Å². The number of amides is 1. The number of hydrogen-bond acceptors (Lipinski definition) is 2. The van der Waals surface area contributed by atoms with E-state index in [1.165, 1.54) is 11.1 Å². The van der Waals surface area contributed by atoms with Gasteiger partial charge in [-0.3, -0.25) is 0 Å². The fourth-order valence-corrected chi connectivity index (χ4v) is 3.11. The molecule has 1 amide bonds. The predicted octanol–water partition coefficient (Wildman–Crippen LogP) is 4.05. The Morgan fingerprint density at radius 3 is 2.70 bits per heavy atom. The topological polar surface area (TPSA) is 58.6 Å². The number of carbonyl (C=O) groups is 1. The molecule has 0 radical (unpaired) electrons. The molecule has 0 saturated carbocycles. The van der Waals surface area contributed by atoms with E-state index >= 15 is 0 Å². The number of nitrogens with one attached hydrogen (secondary N) is 1. The highest BCUT2D eigenvalue weighted by molar-refractivity contribution is 5.76. The van der Waals surface area contributed by atoms with Crippen molar-refractivity contribution in [1.29, 1.82) is 0 Å². The second-order valence-corrected chi connectivity index (χ2v) is 6.17. The predicted molar refractivity (Wildman–Crippen MR) is 90.1 cm³/mol. The summed E-state index contributed by atoms with van der Waals surface area (Å²) in [6.45, 7) is 4.67. The first-order valence-electron chi connectivity index (χ1n) is 7.91.